The molecule has 1 heterocycles. The highest BCUT2D eigenvalue weighted by Crippen LogP contribution is 2.66. The fourth-order valence-electron chi connectivity index (χ4n) is 5.50. The van der Waals surface area contributed by atoms with Gasteiger partial charge in [0.25, 0.3) is 0 Å². The fourth-order valence-corrected chi connectivity index (χ4v) is 5.50. The molecule has 2 saturated carbocycles. The lowest BCUT2D eigenvalue weighted by molar-refractivity contribution is 0.114. The molecule has 0 aromatic heterocycles. The molecule has 110 valence electrons. The van der Waals surface area contributed by atoms with E-state index in [4.69, 9.17) is 0 Å². The number of likely N-dealkylation sites (N-methyl/N-ethyl adjacent to an activating group) is 1. The minimum atomic E-state index is 0.670. The van der Waals surface area contributed by atoms with Crippen molar-refractivity contribution in [3.8, 4) is 0 Å². The van der Waals surface area contributed by atoms with E-state index in [2.05, 4.69) is 68.8 Å². The molecular weight excluding hydrogens is 254 g/mol. The Hall–Kier alpha value is -1.50. The molecule has 21 heavy (non-hydrogen) atoms. The standard InChI is InChI=1S/C20H25N/c1-5-7-14-13(6-2)11-16-18(14)20-19(16)15-10-12(3)8-9-17(15)21(20)4/h5-10,13-14,16,18-20H,2,11H2,1,3-4H3. The summed E-state index contributed by atoms with van der Waals surface area (Å²) in [4.78, 5) is 2.56. The SMILES string of the molecule is C=CC1CC2C3c4cc(C)ccc4N(C)C3C2C1C=CC. The average molecular weight is 279 g/mol. The van der Waals surface area contributed by atoms with Crippen molar-refractivity contribution in [1.82, 2.24) is 0 Å². The molecule has 4 rings (SSSR count). The van der Waals surface area contributed by atoms with E-state index in [0.29, 0.717) is 17.9 Å². The van der Waals surface area contributed by atoms with E-state index in [-0.39, 0.29) is 0 Å². The Bertz CT molecular complexity index is 614. The summed E-state index contributed by atoms with van der Waals surface area (Å²) in [5.74, 6) is 3.78. The molecule has 1 aromatic carbocycles. The third kappa shape index (κ3) is 1.58. The molecule has 2 aliphatic carbocycles. The molecule has 0 radical (unpaired) electrons. The van der Waals surface area contributed by atoms with Gasteiger partial charge >= 0.3 is 0 Å². The van der Waals surface area contributed by atoms with E-state index in [1.165, 1.54) is 17.7 Å². The zero-order chi connectivity index (χ0) is 14.7. The van der Waals surface area contributed by atoms with E-state index in [1.807, 2.05) is 0 Å². The molecule has 3 aliphatic rings. The van der Waals surface area contributed by atoms with E-state index < -0.39 is 0 Å². The van der Waals surface area contributed by atoms with Crippen LogP contribution in [0, 0.1) is 30.6 Å². The van der Waals surface area contributed by atoms with Crippen molar-refractivity contribution in [2.45, 2.75) is 32.2 Å². The number of benzene rings is 1. The lowest BCUT2D eigenvalue weighted by Gasteiger charge is -2.50. The molecule has 6 unspecified atom stereocenters. The van der Waals surface area contributed by atoms with Gasteiger partial charge in [0.05, 0.1) is 0 Å². The van der Waals surface area contributed by atoms with E-state index >= 15 is 0 Å². The summed E-state index contributed by atoms with van der Waals surface area (Å²) in [7, 11) is 2.29. The van der Waals surface area contributed by atoms with Gasteiger partial charge in [0, 0.05) is 24.7 Å². The second-order valence-corrected chi connectivity index (χ2v) is 7.17. The van der Waals surface area contributed by atoms with Crippen LogP contribution in [0.25, 0.3) is 0 Å². The zero-order valence-corrected chi connectivity index (χ0v) is 13.3. The van der Waals surface area contributed by atoms with Crippen LogP contribution in [0.5, 0.6) is 0 Å². The third-order valence-corrected chi connectivity index (χ3v) is 6.29. The quantitative estimate of drug-likeness (QED) is 0.718. The Labute approximate surface area is 128 Å². The van der Waals surface area contributed by atoms with Gasteiger partial charge in [-0.2, -0.15) is 0 Å². The fraction of sp³-hybridized carbons (Fsp3) is 0.500. The maximum atomic E-state index is 4.10. The van der Waals surface area contributed by atoms with Crippen molar-refractivity contribution in [2.75, 3.05) is 11.9 Å². The first-order valence-electron chi connectivity index (χ1n) is 8.26. The van der Waals surface area contributed by atoms with E-state index in [9.17, 15) is 0 Å². The van der Waals surface area contributed by atoms with Crippen LogP contribution >= 0.6 is 0 Å². The molecule has 0 bridgehead atoms. The summed E-state index contributed by atoms with van der Waals surface area (Å²) < 4.78 is 0. The van der Waals surface area contributed by atoms with Crippen molar-refractivity contribution in [3.63, 3.8) is 0 Å². The molecule has 0 amide bonds. The van der Waals surface area contributed by atoms with Crippen molar-refractivity contribution in [2.24, 2.45) is 23.7 Å². The molecule has 0 N–H and O–H groups in total. The smallest absolute Gasteiger partial charge is 0.0402 e. The Balaban J connectivity index is 1.74. The number of hydrogen-bond acceptors (Lipinski definition) is 1. The second kappa shape index (κ2) is 4.50. The first-order chi connectivity index (χ1) is 10.2. The van der Waals surface area contributed by atoms with Crippen LogP contribution in [0.4, 0.5) is 5.69 Å². The van der Waals surface area contributed by atoms with E-state index in [1.54, 1.807) is 5.56 Å². The molecule has 1 aromatic rings. The molecule has 1 aliphatic heterocycles. The number of allylic oxidation sites excluding steroid dienone is 3. The Kier molecular flexibility index (Phi) is 2.82. The lowest BCUT2D eigenvalue weighted by atomic mass is 9.59. The third-order valence-electron chi connectivity index (χ3n) is 6.29. The van der Waals surface area contributed by atoms with Crippen LogP contribution in [-0.4, -0.2) is 13.1 Å². The Morgan fingerprint density at radius 3 is 2.86 bits per heavy atom. The Morgan fingerprint density at radius 2 is 2.14 bits per heavy atom. The first kappa shape index (κ1) is 13.2. The van der Waals surface area contributed by atoms with Crippen molar-refractivity contribution in [3.05, 3.63) is 54.1 Å². The predicted octanol–water partition coefficient (Wildman–Crippen LogP) is 4.54. The number of hydrogen-bond donors (Lipinski definition) is 0. The molecule has 1 nitrogen and oxygen atoms in total. The first-order valence-corrected chi connectivity index (χ1v) is 8.26. The number of aryl methyl sites for hydroxylation is 1. The predicted molar refractivity (Wildman–Crippen MR) is 89.7 cm³/mol. The van der Waals surface area contributed by atoms with Crippen LogP contribution in [0.15, 0.2) is 43.0 Å². The minimum absolute atomic E-state index is 0.670. The molecule has 0 saturated heterocycles. The lowest BCUT2D eigenvalue weighted by Crippen LogP contribution is -2.53. The number of anilines is 1. The largest absolute Gasteiger partial charge is 0.370 e. The maximum Gasteiger partial charge on any atom is 0.0402 e. The minimum Gasteiger partial charge on any atom is -0.370 e. The van der Waals surface area contributed by atoms with Crippen molar-refractivity contribution >= 4 is 5.69 Å². The molecular formula is C20H25N. The zero-order valence-electron chi connectivity index (χ0n) is 13.3. The van der Waals surface area contributed by atoms with Gasteiger partial charge in [-0.3, -0.25) is 0 Å². The van der Waals surface area contributed by atoms with Gasteiger partial charge in [-0.05, 0) is 55.6 Å². The highest BCUT2D eigenvalue weighted by atomic mass is 15.2. The van der Waals surface area contributed by atoms with Crippen molar-refractivity contribution in [1.29, 1.82) is 0 Å². The summed E-state index contributed by atoms with van der Waals surface area (Å²) in [6, 6.07) is 7.72. The van der Waals surface area contributed by atoms with Gasteiger partial charge in [0.1, 0.15) is 0 Å². The summed E-state index contributed by atoms with van der Waals surface area (Å²) in [6.07, 6.45) is 8.21. The van der Waals surface area contributed by atoms with E-state index in [0.717, 1.165) is 17.8 Å². The van der Waals surface area contributed by atoms with Crippen LogP contribution < -0.4 is 4.90 Å². The Morgan fingerprint density at radius 1 is 1.33 bits per heavy atom. The van der Waals surface area contributed by atoms with Gasteiger partial charge in [-0.25, -0.2) is 0 Å². The van der Waals surface area contributed by atoms with Gasteiger partial charge in [0.15, 0.2) is 0 Å². The molecule has 0 spiro atoms. The molecule has 6 atom stereocenters. The topological polar surface area (TPSA) is 3.24 Å². The van der Waals surface area contributed by atoms with Crippen molar-refractivity contribution < 1.29 is 0 Å². The van der Waals surface area contributed by atoms with Crippen LogP contribution in [-0.2, 0) is 0 Å². The maximum absolute atomic E-state index is 4.10. The van der Waals surface area contributed by atoms with Crippen LogP contribution in [0.1, 0.15) is 30.4 Å². The van der Waals surface area contributed by atoms with Gasteiger partial charge in [-0.1, -0.05) is 35.9 Å². The highest BCUT2D eigenvalue weighted by Gasteiger charge is 2.63. The second-order valence-electron chi connectivity index (χ2n) is 7.17. The number of rotatable bonds is 2. The average Bonchev–Trinajstić information content (AvgIpc) is 2.85. The number of fused-ring (bicyclic) bond motifs is 6. The van der Waals surface area contributed by atoms with Crippen LogP contribution in [0.3, 0.4) is 0 Å². The van der Waals surface area contributed by atoms with Gasteiger partial charge in [0.2, 0.25) is 0 Å². The normalized spacial score (nSPS) is 39.9. The molecule has 2 fully saturated rings. The summed E-state index contributed by atoms with van der Waals surface area (Å²) >= 11 is 0. The summed E-state index contributed by atoms with van der Waals surface area (Å²) in [6.45, 7) is 8.46. The monoisotopic (exact) mass is 279 g/mol. The van der Waals surface area contributed by atoms with Gasteiger partial charge < -0.3 is 4.90 Å². The summed E-state index contributed by atoms with van der Waals surface area (Å²) in [5.41, 5.74) is 4.47. The summed E-state index contributed by atoms with van der Waals surface area (Å²) in [5, 5.41) is 0. The highest BCUT2D eigenvalue weighted by molar-refractivity contribution is 5.65. The van der Waals surface area contributed by atoms with Crippen LogP contribution in [0.2, 0.25) is 0 Å². The number of nitrogens with zero attached hydrogens (tertiary/aromatic N) is 1. The molecule has 1 heteroatoms. The van der Waals surface area contributed by atoms with Gasteiger partial charge in [-0.15, -0.1) is 6.58 Å².